The molecule has 0 spiro atoms. The van der Waals surface area contributed by atoms with E-state index in [2.05, 4.69) is 4.98 Å². The van der Waals surface area contributed by atoms with Gasteiger partial charge in [0.25, 0.3) is 5.69 Å². The molecule has 1 aromatic carbocycles. The number of ketones is 1. The lowest BCUT2D eigenvalue weighted by atomic mass is 10.0. The maximum absolute atomic E-state index is 11.3. The molecule has 1 heterocycles. The molecule has 0 radical (unpaired) electrons. The van der Waals surface area contributed by atoms with Crippen LogP contribution in [0, 0.1) is 10.1 Å². The van der Waals surface area contributed by atoms with Crippen molar-refractivity contribution < 1.29 is 9.72 Å². The van der Waals surface area contributed by atoms with Gasteiger partial charge in [-0.1, -0.05) is 18.2 Å². The molecule has 0 saturated carbocycles. The zero-order valence-electron chi connectivity index (χ0n) is 9.66. The van der Waals surface area contributed by atoms with Crippen LogP contribution in [-0.4, -0.2) is 15.7 Å². The molecule has 5 heteroatoms. The number of rotatable bonds is 3. The first-order valence-electron chi connectivity index (χ1n) is 5.30. The van der Waals surface area contributed by atoms with Gasteiger partial charge in [-0.2, -0.15) is 0 Å². The molecule has 0 amide bonds. The highest BCUT2D eigenvalue weighted by molar-refractivity contribution is 5.95. The highest BCUT2D eigenvalue weighted by Gasteiger charge is 2.16. The van der Waals surface area contributed by atoms with Crippen molar-refractivity contribution in [3.8, 4) is 11.3 Å². The lowest BCUT2D eigenvalue weighted by molar-refractivity contribution is -0.384. The summed E-state index contributed by atoms with van der Waals surface area (Å²) in [4.78, 5) is 25.7. The monoisotopic (exact) mass is 242 g/mol. The quantitative estimate of drug-likeness (QED) is 0.471. The van der Waals surface area contributed by atoms with Crippen molar-refractivity contribution in [3.05, 3.63) is 58.3 Å². The van der Waals surface area contributed by atoms with E-state index in [-0.39, 0.29) is 17.2 Å². The van der Waals surface area contributed by atoms with Gasteiger partial charge in [0.1, 0.15) is 5.69 Å². The van der Waals surface area contributed by atoms with Crippen molar-refractivity contribution in [3.63, 3.8) is 0 Å². The van der Waals surface area contributed by atoms with Crippen LogP contribution in [0.1, 0.15) is 17.3 Å². The third-order valence-electron chi connectivity index (χ3n) is 2.53. The molecule has 5 nitrogen and oxygen atoms in total. The number of nitro groups is 1. The lowest BCUT2D eigenvalue weighted by Gasteiger charge is -2.03. The summed E-state index contributed by atoms with van der Waals surface area (Å²) in [5.74, 6) is -0.0876. The molecule has 0 unspecified atom stereocenters. The van der Waals surface area contributed by atoms with Gasteiger partial charge < -0.3 is 0 Å². The van der Waals surface area contributed by atoms with Gasteiger partial charge in [0, 0.05) is 23.4 Å². The second-order valence-electron chi connectivity index (χ2n) is 3.77. The van der Waals surface area contributed by atoms with Gasteiger partial charge in [0.15, 0.2) is 5.78 Å². The Morgan fingerprint density at radius 1 is 1.28 bits per heavy atom. The van der Waals surface area contributed by atoms with Gasteiger partial charge in [-0.05, 0) is 19.1 Å². The van der Waals surface area contributed by atoms with E-state index in [0.29, 0.717) is 11.1 Å². The van der Waals surface area contributed by atoms with Crippen molar-refractivity contribution in [1.29, 1.82) is 0 Å². The summed E-state index contributed by atoms with van der Waals surface area (Å²) >= 11 is 0. The Morgan fingerprint density at radius 2 is 2.06 bits per heavy atom. The summed E-state index contributed by atoms with van der Waals surface area (Å²) in [6.45, 7) is 1.45. The molecule has 0 aliphatic rings. The first kappa shape index (κ1) is 11.9. The minimum absolute atomic E-state index is 0.0711. The normalized spacial score (nSPS) is 10.1. The Bertz CT molecular complexity index is 623. The van der Waals surface area contributed by atoms with Crippen molar-refractivity contribution in [2.45, 2.75) is 6.92 Å². The largest absolute Gasteiger partial charge is 0.295 e. The fraction of sp³-hybridized carbons (Fsp3) is 0.0769. The Morgan fingerprint density at radius 3 is 2.72 bits per heavy atom. The third kappa shape index (κ3) is 2.24. The van der Waals surface area contributed by atoms with Crippen LogP contribution in [0.2, 0.25) is 0 Å². The summed E-state index contributed by atoms with van der Waals surface area (Å²) in [5, 5.41) is 10.9. The molecule has 2 aromatic rings. The maximum Gasteiger partial charge on any atom is 0.295 e. The Hall–Kier alpha value is -2.56. The van der Waals surface area contributed by atoms with Gasteiger partial charge >= 0.3 is 0 Å². The van der Waals surface area contributed by atoms with E-state index in [1.54, 1.807) is 24.3 Å². The van der Waals surface area contributed by atoms with Crippen LogP contribution >= 0.6 is 0 Å². The molecule has 0 saturated heterocycles. The summed E-state index contributed by atoms with van der Waals surface area (Å²) in [6.07, 6.45) is 1.49. The summed E-state index contributed by atoms with van der Waals surface area (Å²) in [7, 11) is 0. The number of pyridine rings is 1. The molecule has 0 bridgehead atoms. The van der Waals surface area contributed by atoms with Crippen molar-refractivity contribution in [2.75, 3.05) is 0 Å². The number of hydrogen-bond acceptors (Lipinski definition) is 4. The van der Waals surface area contributed by atoms with E-state index in [4.69, 9.17) is 0 Å². The predicted octanol–water partition coefficient (Wildman–Crippen LogP) is 2.86. The molecule has 18 heavy (non-hydrogen) atoms. The molecular formula is C13H10N2O3. The summed E-state index contributed by atoms with van der Waals surface area (Å²) < 4.78 is 0. The average Bonchev–Trinajstić information content (AvgIpc) is 2.39. The number of benzene rings is 1. The maximum atomic E-state index is 11.3. The van der Waals surface area contributed by atoms with Crippen molar-refractivity contribution in [2.24, 2.45) is 0 Å². The molecular weight excluding hydrogens is 232 g/mol. The van der Waals surface area contributed by atoms with E-state index in [1.807, 2.05) is 0 Å². The van der Waals surface area contributed by atoms with E-state index in [9.17, 15) is 14.9 Å². The van der Waals surface area contributed by atoms with Crippen LogP contribution in [0.4, 0.5) is 5.69 Å². The summed E-state index contributed by atoms with van der Waals surface area (Å²) in [5.41, 5.74) is 1.27. The Balaban J connectivity index is 2.58. The predicted molar refractivity (Wildman–Crippen MR) is 66.3 cm³/mol. The minimum atomic E-state index is -0.483. The third-order valence-corrected chi connectivity index (χ3v) is 2.53. The van der Waals surface area contributed by atoms with Gasteiger partial charge in [-0.25, -0.2) is 4.98 Å². The molecule has 90 valence electrons. The highest BCUT2D eigenvalue weighted by atomic mass is 16.6. The molecule has 0 N–H and O–H groups in total. The van der Waals surface area contributed by atoms with Gasteiger partial charge in [0.2, 0.25) is 0 Å². The van der Waals surface area contributed by atoms with Gasteiger partial charge in [-0.3, -0.25) is 14.9 Å². The minimum Gasteiger partial charge on any atom is -0.295 e. The highest BCUT2D eigenvalue weighted by Crippen LogP contribution is 2.27. The van der Waals surface area contributed by atoms with Crippen LogP contribution in [-0.2, 0) is 0 Å². The zero-order valence-corrected chi connectivity index (χ0v) is 9.66. The summed E-state index contributed by atoms with van der Waals surface area (Å²) in [6, 6.07) is 9.56. The van der Waals surface area contributed by atoms with Crippen LogP contribution in [0.5, 0.6) is 0 Å². The number of nitrogens with zero attached hydrogens (tertiary/aromatic N) is 2. The fourth-order valence-corrected chi connectivity index (χ4v) is 1.65. The van der Waals surface area contributed by atoms with Crippen LogP contribution < -0.4 is 0 Å². The average molecular weight is 242 g/mol. The standard InChI is InChI=1S/C13H10N2O3/c1-9(16)10-4-2-5-11(8-10)13-12(15(17)18)6-3-7-14-13/h2-8H,1H3. The first-order valence-corrected chi connectivity index (χ1v) is 5.30. The van der Waals surface area contributed by atoms with E-state index in [0.717, 1.165) is 0 Å². The van der Waals surface area contributed by atoms with Crippen LogP contribution in [0.25, 0.3) is 11.3 Å². The molecule has 0 aliphatic heterocycles. The molecule has 0 aliphatic carbocycles. The van der Waals surface area contributed by atoms with Gasteiger partial charge in [-0.15, -0.1) is 0 Å². The van der Waals surface area contributed by atoms with E-state index < -0.39 is 4.92 Å². The molecule has 2 rings (SSSR count). The topological polar surface area (TPSA) is 73.1 Å². The van der Waals surface area contributed by atoms with Crippen molar-refractivity contribution in [1.82, 2.24) is 4.98 Å². The first-order chi connectivity index (χ1) is 8.59. The number of hydrogen-bond donors (Lipinski definition) is 0. The van der Waals surface area contributed by atoms with Crippen molar-refractivity contribution >= 4 is 11.5 Å². The number of carbonyl (C=O) groups is 1. The fourth-order valence-electron chi connectivity index (χ4n) is 1.65. The molecule has 0 fully saturated rings. The van der Waals surface area contributed by atoms with Crippen LogP contribution in [0.15, 0.2) is 42.6 Å². The molecule has 1 aromatic heterocycles. The second kappa shape index (κ2) is 4.75. The number of aromatic nitrogens is 1. The Kier molecular flexibility index (Phi) is 3.14. The van der Waals surface area contributed by atoms with Crippen LogP contribution in [0.3, 0.4) is 0 Å². The molecule has 0 atom stereocenters. The second-order valence-corrected chi connectivity index (χ2v) is 3.77. The number of carbonyl (C=O) groups excluding carboxylic acids is 1. The number of Topliss-reactive ketones (excluding diaryl/α,β-unsaturated/α-hetero) is 1. The zero-order chi connectivity index (χ0) is 13.1. The van der Waals surface area contributed by atoms with E-state index >= 15 is 0 Å². The lowest BCUT2D eigenvalue weighted by Crippen LogP contribution is -1.96. The van der Waals surface area contributed by atoms with Gasteiger partial charge in [0.05, 0.1) is 4.92 Å². The Labute approximate surface area is 103 Å². The SMILES string of the molecule is CC(=O)c1cccc(-c2ncccc2[N+](=O)[O-])c1. The smallest absolute Gasteiger partial charge is 0.295 e. The van der Waals surface area contributed by atoms with E-state index in [1.165, 1.54) is 25.3 Å².